The van der Waals surface area contributed by atoms with Gasteiger partial charge in [-0.1, -0.05) is 0 Å². The fraction of sp³-hybridized carbons (Fsp3) is 0.750. The van der Waals surface area contributed by atoms with Crippen LogP contribution in [0.3, 0.4) is 0 Å². The van der Waals surface area contributed by atoms with Gasteiger partial charge in [0.05, 0.1) is 17.7 Å². The van der Waals surface area contributed by atoms with Gasteiger partial charge < -0.3 is 15.5 Å². The molecule has 2 N–H and O–H groups in total. The lowest BCUT2D eigenvalue weighted by molar-refractivity contribution is 0.405. The molecule has 0 radical (unpaired) electrons. The lowest BCUT2D eigenvalue weighted by atomic mass is 10.3. The van der Waals surface area contributed by atoms with E-state index in [1.54, 1.807) is 0 Å². The number of rotatable bonds is 7. The lowest BCUT2D eigenvalue weighted by Crippen LogP contribution is -2.22. The van der Waals surface area contributed by atoms with E-state index >= 15 is 0 Å². The van der Waals surface area contributed by atoms with Gasteiger partial charge in [-0.3, -0.25) is 0 Å². The molecule has 1 unspecified atom stereocenters. The first-order valence-corrected chi connectivity index (χ1v) is 8.82. The van der Waals surface area contributed by atoms with Crippen LogP contribution in [-0.4, -0.2) is 73.2 Å². The van der Waals surface area contributed by atoms with E-state index in [0.717, 1.165) is 19.5 Å². The van der Waals surface area contributed by atoms with E-state index in [1.165, 1.54) is 6.20 Å². The zero-order chi connectivity index (χ0) is 15.3. The second kappa shape index (κ2) is 6.99. The molecule has 2 rings (SSSR count). The van der Waals surface area contributed by atoms with Gasteiger partial charge in [0, 0.05) is 12.6 Å². The highest BCUT2D eigenvalue weighted by Gasteiger charge is 2.28. The van der Waals surface area contributed by atoms with Gasteiger partial charge in [-0.05, 0) is 33.5 Å². The average Bonchev–Trinajstić information content (AvgIpc) is 2.74. The molecule has 9 heteroatoms. The van der Waals surface area contributed by atoms with Gasteiger partial charge in [-0.2, -0.15) is 10.1 Å². The summed E-state index contributed by atoms with van der Waals surface area (Å²) in [6, 6.07) is -0.0895. The van der Waals surface area contributed by atoms with Crippen LogP contribution in [0.15, 0.2) is 6.20 Å². The molecule has 118 valence electrons. The summed E-state index contributed by atoms with van der Waals surface area (Å²) in [7, 11) is 1.15. The summed E-state index contributed by atoms with van der Waals surface area (Å²) in [6.07, 6.45) is 3.10. The third kappa shape index (κ3) is 5.43. The van der Waals surface area contributed by atoms with Crippen LogP contribution in [0.2, 0.25) is 0 Å². The molecule has 1 aliphatic rings. The summed E-state index contributed by atoms with van der Waals surface area (Å²) >= 11 is 0. The van der Waals surface area contributed by atoms with Gasteiger partial charge in [0.15, 0.2) is 15.7 Å². The van der Waals surface area contributed by atoms with E-state index in [1.807, 2.05) is 14.1 Å². The topological polar surface area (TPSA) is 100 Å². The van der Waals surface area contributed by atoms with Crippen LogP contribution in [-0.2, 0) is 9.84 Å². The smallest absolute Gasteiger partial charge is 0.244 e. The Morgan fingerprint density at radius 1 is 1.43 bits per heavy atom. The maximum Gasteiger partial charge on any atom is 0.244 e. The van der Waals surface area contributed by atoms with Crippen molar-refractivity contribution in [1.82, 2.24) is 20.1 Å². The number of nitrogens with zero attached hydrogens (tertiary/aromatic N) is 4. The Balaban J connectivity index is 1.83. The first-order chi connectivity index (χ1) is 9.94. The Morgan fingerprint density at radius 2 is 2.24 bits per heavy atom. The van der Waals surface area contributed by atoms with Crippen molar-refractivity contribution in [1.29, 1.82) is 0 Å². The maximum absolute atomic E-state index is 11.4. The molecule has 0 bridgehead atoms. The predicted molar refractivity (Wildman–Crippen MR) is 82.2 cm³/mol. The van der Waals surface area contributed by atoms with E-state index in [-0.39, 0.29) is 17.5 Å². The van der Waals surface area contributed by atoms with Gasteiger partial charge >= 0.3 is 0 Å². The van der Waals surface area contributed by atoms with Crippen LogP contribution >= 0.6 is 0 Å². The van der Waals surface area contributed by atoms with E-state index in [4.69, 9.17) is 0 Å². The minimum absolute atomic E-state index is 0.0895. The van der Waals surface area contributed by atoms with Crippen LogP contribution < -0.4 is 10.6 Å². The molecule has 21 heavy (non-hydrogen) atoms. The van der Waals surface area contributed by atoms with Gasteiger partial charge in [-0.15, -0.1) is 5.10 Å². The van der Waals surface area contributed by atoms with Gasteiger partial charge in [-0.25, -0.2) is 8.42 Å². The van der Waals surface area contributed by atoms with Crippen molar-refractivity contribution in [3.05, 3.63) is 6.20 Å². The van der Waals surface area contributed by atoms with Crippen molar-refractivity contribution in [3.8, 4) is 0 Å². The van der Waals surface area contributed by atoms with Gasteiger partial charge in [0.2, 0.25) is 5.95 Å². The van der Waals surface area contributed by atoms with E-state index in [2.05, 4.69) is 30.7 Å². The average molecular weight is 314 g/mol. The van der Waals surface area contributed by atoms with Gasteiger partial charge in [0.25, 0.3) is 0 Å². The fourth-order valence-electron chi connectivity index (χ4n) is 2.16. The number of anilines is 2. The van der Waals surface area contributed by atoms with Gasteiger partial charge in [0.1, 0.15) is 0 Å². The van der Waals surface area contributed by atoms with Crippen molar-refractivity contribution < 1.29 is 8.42 Å². The largest absolute Gasteiger partial charge is 0.365 e. The molecule has 8 nitrogen and oxygen atoms in total. The van der Waals surface area contributed by atoms with Crippen LogP contribution in [0.5, 0.6) is 0 Å². The van der Waals surface area contributed by atoms with Crippen molar-refractivity contribution in [2.45, 2.75) is 18.9 Å². The molecule has 0 spiro atoms. The third-order valence-electron chi connectivity index (χ3n) is 3.21. The molecule has 1 aromatic rings. The zero-order valence-electron chi connectivity index (χ0n) is 12.4. The molecule has 0 aromatic carbocycles. The normalized spacial score (nSPS) is 20.6. The van der Waals surface area contributed by atoms with Crippen molar-refractivity contribution in [2.75, 3.05) is 49.3 Å². The maximum atomic E-state index is 11.4. The standard InChI is InChI=1S/C12H22N6O2S/c1-18(2)6-3-5-13-12-16-11(8-14-17-12)15-10-4-7-21(19,20)9-10/h8,10H,3-7,9H2,1-2H3,(H2,13,15,16,17). The predicted octanol–water partition coefficient (Wildman–Crippen LogP) is -0.166. The summed E-state index contributed by atoms with van der Waals surface area (Å²) in [4.78, 5) is 6.41. The second-order valence-corrected chi connectivity index (χ2v) is 7.72. The summed E-state index contributed by atoms with van der Waals surface area (Å²) in [5, 5.41) is 14.0. The summed E-state index contributed by atoms with van der Waals surface area (Å²) in [5.41, 5.74) is 0. The molecular formula is C12H22N6O2S. The first kappa shape index (κ1) is 15.9. The summed E-state index contributed by atoms with van der Waals surface area (Å²) in [5.74, 6) is 1.41. The number of nitrogens with one attached hydrogen (secondary N) is 2. The Morgan fingerprint density at radius 3 is 2.90 bits per heavy atom. The molecule has 1 atom stereocenters. The number of aromatic nitrogens is 3. The number of sulfone groups is 1. The molecule has 2 heterocycles. The molecule has 0 aliphatic carbocycles. The van der Waals surface area contributed by atoms with Crippen LogP contribution in [0.4, 0.5) is 11.8 Å². The minimum Gasteiger partial charge on any atom is -0.365 e. The quantitative estimate of drug-likeness (QED) is 0.669. The highest BCUT2D eigenvalue weighted by Crippen LogP contribution is 2.16. The van der Waals surface area contributed by atoms with Crippen LogP contribution in [0.1, 0.15) is 12.8 Å². The van der Waals surface area contributed by atoms with Crippen molar-refractivity contribution in [2.24, 2.45) is 0 Å². The molecule has 1 aliphatic heterocycles. The molecule has 1 saturated heterocycles. The van der Waals surface area contributed by atoms with E-state index in [9.17, 15) is 8.42 Å². The second-order valence-electron chi connectivity index (χ2n) is 5.49. The molecule has 1 fully saturated rings. The Kier molecular flexibility index (Phi) is 5.29. The molecular weight excluding hydrogens is 292 g/mol. The lowest BCUT2D eigenvalue weighted by Gasteiger charge is -2.12. The number of hydrogen-bond acceptors (Lipinski definition) is 8. The van der Waals surface area contributed by atoms with Crippen LogP contribution in [0, 0.1) is 0 Å². The monoisotopic (exact) mass is 314 g/mol. The highest BCUT2D eigenvalue weighted by atomic mass is 32.2. The summed E-state index contributed by atoms with van der Waals surface area (Å²) in [6.45, 7) is 1.75. The molecule has 0 saturated carbocycles. The molecule has 0 amide bonds. The number of hydrogen-bond donors (Lipinski definition) is 2. The molecule has 1 aromatic heterocycles. The van der Waals surface area contributed by atoms with Crippen molar-refractivity contribution >= 4 is 21.6 Å². The Labute approximate surface area is 125 Å². The van der Waals surface area contributed by atoms with E-state index in [0.29, 0.717) is 18.2 Å². The minimum atomic E-state index is -2.90. The zero-order valence-corrected chi connectivity index (χ0v) is 13.2. The Hall–Kier alpha value is -1.48. The third-order valence-corrected chi connectivity index (χ3v) is 4.98. The SMILES string of the molecule is CN(C)CCCNc1nncc(NC2CCS(=O)(=O)C2)n1. The first-order valence-electron chi connectivity index (χ1n) is 7.00. The highest BCUT2D eigenvalue weighted by molar-refractivity contribution is 7.91. The fourth-order valence-corrected chi connectivity index (χ4v) is 3.83. The van der Waals surface area contributed by atoms with Crippen LogP contribution in [0.25, 0.3) is 0 Å². The van der Waals surface area contributed by atoms with E-state index < -0.39 is 9.84 Å². The Bertz CT molecular complexity index is 563. The summed E-state index contributed by atoms with van der Waals surface area (Å²) < 4.78 is 22.8. The van der Waals surface area contributed by atoms with Crippen molar-refractivity contribution in [3.63, 3.8) is 0 Å².